The van der Waals surface area contributed by atoms with Gasteiger partial charge in [-0.25, -0.2) is 9.79 Å². The Hall–Kier alpha value is -2.76. The van der Waals surface area contributed by atoms with E-state index in [0.717, 1.165) is 15.8 Å². The summed E-state index contributed by atoms with van der Waals surface area (Å²) in [7, 11) is 0. The maximum Gasteiger partial charge on any atom is 0.415 e. The second-order valence-corrected chi connectivity index (χ2v) is 4.19. The van der Waals surface area contributed by atoms with Crippen molar-refractivity contribution in [2.45, 2.75) is 6.17 Å². The SMILES string of the molecule is NC1=NC(c2cccn2C(=O)O)Nc2ccccc21. The summed E-state index contributed by atoms with van der Waals surface area (Å²) in [6, 6.07) is 10.9. The van der Waals surface area contributed by atoms with Crippen LogP contribution in [-0.2, 0) is 0 Å². The molecule has 4 N–H and O–H groups in total. The molecule has 1 atom stereocenters. The molecule has 6 nitrogen and oxygen atoms in total. The minimum Gasteiger partial charge on any atom is -0.464 e. The van der Waals surface area contributed by atoms with Crippen molar-refractivity contribution in [1.29, 1.82) is 0 Å². The van der Waals surface area contributed by atoms with E-state index >= 15 is 0 Å². The monoisotopic (exact) mass is 256 g/mol. The number of carbonyl (C=O) groups is 1. The summed E-state index contributed by atoms with van der Waals surface area (Å²) in [5.74, 6) is 0.400. The Morgan fingerprint density at radius 1 is 1.32 bits per heavy atom. The normalized spacial score (nSPS) is 17.3. The number of nitrogens with two attached hydrogens (primary N) is 1. The standard InChI is InChI=1S/C13H12N4O2/c14-11-8-4-1-2-5-9(8)15-12(16-11)10-6-3-7-17(10)13(18)19/h1-7,12,15H,(H2,14,16)(H,18,19). The number of fused-ring (bicyclic) bond motifs is 1. The first-order valence-electron chi connectivity index (χ1n) is 5.76. The molecule has 1 aliphatic rings. The molecule has 1 unspecified atom stereocenters. The zero-order chi connectivity index (χ0) is 13.4. The van der Waals surface area contributed by atoms with Crippen molar-refractivity contribution in [3.05, 3.63) is 53.9 Å². The number of hydrogen-bond acceptors (Lipinski definition) is 4. The highest BCUT2D eigenvalue weighted by Gasteiger charge is 2.23. The van der Waals surface area contributed by atoms with Gasteiger partial charge in [-0.1, -0.05) is 12.1 Å². The molecule has 6 heteroatoms. The quantitative estimate of drug-likeness (QED) is 0.725. The number of nitrogens with one attached hydrogen (secondary N) is 1. The smallest absolute Gasteiger partial charge is 0.415 e. The molecule has 0 amide bonds. The van der Waals surface area contributed by atoms with Gasteiger partial charge in [-0.05, 0) is 24.3 Å². The van der Waals surface area contributed by atoms with Gasteiger partial charge in [0.1, 0.15) is 5.84 Å². The summed E-state index contributed by atoms with van der Waals surface area (Å²) in [5, 5.41) is 12.3. The number of rotatable bonds is 1. The van der Waals surface area contributed by atoms with Crippen LogP contribution >= 0.6 is 0 Å². The fourth-order valence-electron chi connectivity index (χ4n) is 2.15. The van der Waals surface area contributed by atoms with Crippen LogP contribution in [0.5, 0.6) is 0 Å². The number of benzene rings is 1. The van der Waals surface area contributed by atoms with Crippen LogP contribution in [0.2, 0.25) is 0 Å². The van der Waals surface area contributed by atoms with E-state index in [2.05, 4.69) is 10.3 Å². The van der Waals surface area contributed by atoms with Crippen molar-refractivity contribution in [2.24, 2.45) is 10.7 Å². The zero-order valence-corrected chi connectivity index (χ0v) is 9.95. The van der Waals surface area contributed by atoms with E-state index in [9.17, 15) is 4.79 Å². The average molecular weight is 256 g/mol. The van der Waals surface area contributed by atoms with E-state index < -0.39 is 12.3 Å². The molecule has 0 saturated carbocycles. The van der Waals surface area contributed by atoms with Crippen LogP contribution in [0.4, 0.5) is 10.5 Å². The van der Waals surface area contributed by atoms with Gasteiger partial charge in [0.15, 0.2) is 6.17 Å². The first-order chi connectivity index (χ1) is 9.16. The van der Waals surface area contributed by atoms with Crippen LogP contribution in [0.1, 0.15) is 17.4 Å². The second-order valence-electron chi connectivity index (χ2n) is 4.19. The highest BCUT2D eigenvalue weighted by atomic mass is 16.4. The van der Waals surface area contributed by atoms with E-state index in [0.29, 0.717) is 11.5 Å². The molecule has 1 aromatic carbocycles. The number of aliphatic imine (C=N–C) groups is 1. The topological polar surface area (TPSA) is 92.6 Å². The number of amidine groups is 1. The van der Waals surface area contributed by atoms with Crippen LogP contribution in [0.3, 0.4) is 0 Å². The molecule has 0 radical (unpaired) electrons. The Labute approximate surface area is 109 Å². The molecule has 2 heterocycles. The van der Waals surface area contributed by atoms with Crippen LogP contribution in [0, 0.1) is 0 Å². The summed E-state index contributed by atoms with van der Waals surface area (Å²) in [5.41, 5.74) is 8.13. The van der Waals surface area contributed by atoms with Crippen LogP contribution in [0.15, 0.2) is 47.6 Å². The van der Waals surface area contributed by atoms with Crippen LogP contribution in [0.25, 0.3) is 0 Å². The Kier molecular flexibility index (Phi) is 2.49. The van der Waals surface area contributed by atoms with Gasteiger partial charge in [-0.2, -0.15) is 0 Å². The summed E-state index contributed by atoms with van der Waals surface area (Å²) in [6.45, 7) is 0. The molecule has 19 heavy (non-hydrogen) atoms. The molecule has 0 fully saturated rings. The fraction of sp³-hybridized carbons (Fsp3) is 0.0769. The van der Waals surface area contributed by atoms with E-state index in [1.165, 1.54) is 6.20 Å². The van der Waals surface area contributed by atoms with Crippen molar-refractivity contribution < 1.29 is 9.90 Å². The van der Waals surface area contributed by atoms with Crippen molar-refractivity contribution in [3.63, 3.8) is 0 Å². The molecule has 1 aliphatic heterocycles. The summed E-state index contributed by atoms with van der Waals surface area (Å²) >= 11 is 0. The van der Waals surface area contributed by atoms with Gasteiger partial charge in [0.25, 0.3) is 0 Å². The summed E-state index contributed by atoms with van der Waals surface area (Å²) in [6.07, 6.45) is -0.0682. The molecule has 0 spiro atoms. The van der Waals surface area contributed by atoms with E-state index in [1.54, 1.807) is 12.1 Å². The third kappa shape index (κ3) is 1.83. The van der Waals surface area contributed by atoms with Crippen molar-refractivity contribution in [3.8, 4) is 0 Å². The predicted octanol–water partition coefficient (Wildman–Crippen LogP) is 1.84. The lowest BCUT2D eigenvalue weighted by Crippen LogP contribution is -2.27. The lowest BCUT2D eigenvalue weighted by Gasteiger charge is -2.24. The number of nitrogens with zero attached hydrogens (tertiary/aromatic N) is 2. The first kappa shape index (κ1) is 11.3. The van der Waals surface area contributed by atoms with E-state index in [1.807, 2.05) is 24.3 Å². The Morgan fingerprint density at radius 2 is 2.11 bits per heavy atom. The van der Waals surface area contributed by atoms with Gasteiger partial charge in [0.2, 0.25) is 0 Å². The summed E-state index contributed by atoms with van der Waals surface area (Å²) < 4.78 is 1.13. The van der Waals surface area contributed by atoms with Crippen molar-refractivity contribution >= 4 is 17.6 Å². The van der Waals surface area contributed by atoms with Gasteiger partial charge < -0.3 is 16.2 Å². The van der Waals surface area contributed by atoms with Gasteiger partial charge in [-0.3, -0.25) is 4.57 Å². The van der Waals surface area contributed by atoms with Crippen molar-refractivity contribution in [1.82, 2.24) is 4.57 Å². The van der Waals surface area contributed by atoms with Gasteiger partial charge >= 0.3 is 6.09 Å². The minimum absolute atomic E-state index is 0.400. The number of para-hydroxylation sites is 1. The lowest BCUT2D eigenvalue weighted by atomic mass is 10.1. The molecule has 3 rings (SSSR count). The number of hydrogen-bond donors (Lipinski definition) is 3. The maximum atomic E-state index is 11.1. The number of anilines is 1. The van der Waals surface area contributed by atoms with Crippen LogP contribution < -0.4 is 11.1 Å². The molecular formula is C13H12N4O2. The first-order valence-corrected chi connectivity index (χ1v) is 5.76. The largest absolute Gasteiger partial charge is 0.464 e. The maximum absolute atomic E-state index is 11.1. The molecular weight excluding hydrogens is 244 g/mol. The second kappa shape index (κ2) is 4.16. The van der Waals surface area contributed by atoms with Crippen molar-refractivity contribution in [2.75, 3.05) is 5.32 Å². The fourth-order valence-corrected chi connectivity index (χ4v) is 2.15. The molecule has 96 valence electrons. The third-order valence-electron chi connectivity index (χ3n) is 3.03. The Balaban J connectivity index is 2.04. The molecule has 0 bridgehead atoms. The van der Waals surface area contributed by atoms with Gasteiger partial charge in [0.05, 0.1) is 5.69 Å². The highest BCUT2D eigenvalue weighted by molar-refractivity contribution is 6.03. The highest BCUT2D eigenvalue weighted by Crippen LogP contribution is 2.28. The summed E-state index contributed by atoms with van der Waals surface area (Å²) in [4.78, 5) is 15.4. The Morgan fingerprint density at radius 3 is 2.89 bits per heavy atom. The number of aromatic nitrogens is 1. The van der Waals surface area contributed by atoms with Gasteiger partial charge in [-0.15, -0.1) is 0 Å². The number of carboxylic acid groups (broad SMARTS) is 1. The molecule has 0 aliphatic carbocycles. The molecule has 1 aromatic heterocycles. The lowest BCUT2D eigenvalue weighted by molar-refractivity contribution is 0.195. The predicted molar refractivity (Wildman–Crippen MR) is 71.4 cm³/mol. The Bertz CT molecular complexity index is 675. The third-order valence-corrected chi connectivity index (χ3v) is 3.03. The average Bonchev–Trinajstić information content (AvgIpc) is 2.88. The van der Waals surface area contributed by atoms with E-state index in [-0.39, 0.29) is 0 Å². The zero-order valence-electron chi connectivity index (χ0n) is 9.95. The minimum atomic E-state index is -1.05. The van der Waals surface area contributed by atoms with Crippen LogP contribution in [-0.4, -0.2) is 21.6 Å². The van der Waals surface area contributed by atoms with Gasteiger partial charge in [0, 0.05) is 17.4 Å². The molecule has 0 saturated heterocycles. The van der Waals surface area contributed by atoms with E-state index in [4.69, 9.17) is 10.8 Å². The molecule has 2 aromatic rings.